The van der Waals surface area contributed by atoms with Gasteiger partial charge in [-0.05, 0) is 47.5 Å². The molecule has 1 amide bonds. The van der Waals surface area contributed by atoms with Crippen molar-refractivity contribution >= 4 is 5.91 Å². The molecule has 1 aliphatic heterocycles. The molecule has 0 radical (unpaired) electrons. The first kappa shape index (κ1) is 18.0. The van der Waals surface area contributed by atoms with E-state index < -0.39 is 5.92 Å². The zero-order chi connectivity index (χ0) is 19.3. The van der Waals surface area contributed by atoms with Crippen molar-refractivity contribution in [1.82, 2.24) is 10.3 Å². The van der Waals surface area contributed by atoms with Gasteiger partial charge in [0.15, 0.2) is 11.5 Å². The number of benzene rings is 2. The maximum atomic E-state index is 13.3. The quantitative estimate of drug-likeness (QED) is 0.712. The van der Waals surface area contributed by atoms with Crippen LogP contribution in [0.25, 0.3) is 0 Å². The molecule has 0 bridgehead atoms. The average Bonchev–Trinajstić information content (AvgIpc) is 3.20. The molecule has 0 fully saturated rings. The minimum Gasteiger partial charge on any atom is -0.454 e. The first-order valence-electron chi connectivity index (χ1n) is 9.00. The smallest absolute Gasteiger partial charge is 0.231 e. The lowest BCUT2D eigenvalue weighted by Gasteiger charge is -2.17. The van der Waals surface area contributed by atoms with Crippen molar-refractivity contribution < 1.29 is 18.7 Å². The summed E-state index contributed by atoms with van der Waals surface area (Å²) >= 11 is 0. The molecule has 0 saturated carbocycles. The van der Waals surface area contributed by atoms with Crippen molar-refractivity contribution in [3.63, 3.8) is 0 Å². The van der Waals surface area contributed by atoms with Crippen molar-refractivity contribution in [2.75, 3.05) is 6.79 Å². The van der Waals surface area contributed by atoms with Gasteiger partial charge >= 0.3 is 0 Å². The molecule has 3 aromatic rings. The predicted octanol–water partition coefficient (Wildman–Crippen LogP) is 3.59. The van der Waals surface area contributed by atoms with Crippen molar-refractivity contribution in [2.45, 2.75) is 18.9 Å². The fraction of sp³-hybridized carbons (Fsp3) is 0.182. The summed E-state index contributed by atoms with van der Waals surface area (Å²) in [6, 6.07) is 17.2. The number of nitrogens with one attached hydrogen (secondary N) is 1. The Kier molecular flexibility index (Phi) is 5.19. The molecule has 1 unspecified atom stereocenters. The van der Waals surface area contributed by atoms with Crippen LogP contribution in [-0.2, 0) is 17.8 Å². The summed E-state index contributed by atoms with van der Waals surface area (Å²) in [5.74, 6) is 0.435. The minimum atomic E-state index is -0.468. The second-order valence-electron chi connectivity index (χ2n) is 6.53. The average molecular weight is 378 g/mol. The summed E-state index contributed by atoms with van der Waals surface area (Å²) in [7, 11) is 0. The van der Waals surface area contributed by atoms with Crippen LogP contribution in [0.15, 0.2) is 66.9 Å². The number of pyridine rings is 1. The highest BCUT2D eigenvalue weighted by Gasteiger charge is 2.22. The molecule has 0 saturated heterocycles. The Morgan fingerprint density at radius 1 is 1.07 bits per heavy atom. The number of amides is 1. The summed E-state index contributed by atoms with van der Waals surface area (Å²) in [4.78, 5) is 17.3. The van der Waals surface area contributed by atoms with E-state index in [1.54, 1.807) is 18.3 Å². The summed E-state index contributed by atoms with van der Waals surface area (Å²) < 4.78 is 24.0. The van der Waals surface area contributed by atoms with E-state index in [0.717, 1.165) is 16.8 Å². The number of fused-ring (bicyclic) bond motifs is 1. The molecule has 2 heterocycles. The Morgan fingerprint density at radius 2 is 1.89 bits per heavy atom. The van der Waals surface area contributed by atoms with Gasteiger partial charge in [0.05, 0.1) is 5.92 Å². The number of halogens is 1. The lowest BCUT2D eigenvalue weighted by molar-refractivity contribution is -0.122. The van der Waals surface area contributed by atoms with Crippen molar-refractivity contribution in [3.05, 3.63) is 89.5 Å². The number of carbonyl (C=O) groups excluding carboxylic acids is 1. The summed E-state index contributed by atoms with van der Waals surface area (Å²) in [6.07, 6.45) is 2.13. The molecule has 28 heavy (non-hydrogen) atoms. The van der Waals surface area contributed by atoms with Gasteiger partial charge in [-0.25, -0.2) is 4.39 Å². The van der Waals surface area contributed by atoms with E-state index >= 15 is 0 Å². The van der Waals surface area contributed by atoms with Crippen molar-refractivity contribution in [3.8, 4) is 11.5 Å². The second-order valence-corrected chi connectivity index (χ2v) is 6.53. The molecule has 1 aliphatic rings. The second kappa shape index (κ2) is 8.08. The number of ether oxygens (including phenoxy) is 2. The first-order chi connectivity index (χ1) is 13.7. The van der Waals surface area contributed by atoms with Crippen LogP contribution in [0.4, 0.5) is 4.39 Å². The fourth-order valence-corrected chi connectivity index (χ4v) is 3.15. The van der Waals surface area contributed by atoms with Crippen LogP contribution in [0.3, 0.4) is 0 Å². The van der Waals surface area contributed by atoms with E-state index in [1.807, 2.05) is 36.4 Å². The third-order valence-corrected chi connectivity index (χ3v) is 4.63. The van der Waals surface area contributed by atoms with Gasteiger partial charge in [0, 0.05) is 24.9 Å². The fourth-order valence-electron chi connectivity index (χ4n) is 3.15. The maximum absolute atomic E-state index is 13.3. The normalized spacial score (nSPS) is 13.2. The molecule has 0 spiro atoms. The molecule has 6 heteroatoms. The lowest BCUT2D eigenvalue weighted by atomic mass is 9.93. The monoisotopic (exact) mass is 378 g/mol. The van der Waals surface area contributed by atoms with Gasteiger partial charge in [-0.15, -0.1) is 0 Å². The summed E-state index contributed by atoms with van der Waals surface area (Å²) in [5.41, 5.74) is 2.46. The standard InChI is InChI=1S/C22H19FN2O3/c23-17-7-5-16(6-8-17)19(12-18-3-1-2-10-24-18)22(26)25-13-15-4-9-20-21(11-15)28-14-27-20/h1-11,19H,12-14H2,(H,25,26). The van der Waals surface area contributed by atoms with Crippen LogP contribution in [0.5, 0.6) is 11.5 Å². The van der Waals surface area contributed by atoms with E-state index in [1.165, 1.54) is 12.1 Å². The van der Waals surface area contributed by atoms with Crippen LogP contribution >= 0.6 is 0 Å². The Morgan fingerprint density at radius 3 is 2.68 bits per heavy atom. The summed E-state index contributed by atoms with van der Waals surface area (Å²) in [5, 5.41) is 2.97. The highest BCUT2D eigenvalue weighted by Crippen LogP contribution is 2.32. The summed E-state index contributed by atoms with van der Waals surface area (Å²) in [6.45, 7) is 0.567. The van der Waals surface area contributed by atoms with Crippen molar-refractivity contribution in [2.24, 2.45) is 0 Å². The first-order valence-corrected chi connectivity index (χ1v) is 9.00. The molecular formula is C22H19FN2O3. The van der Waals surface area contributed by atoms with Crippen LogP contribution in [0, 0.1) is 5.82 Å². The Hall–Kier alpha value is -3.41. The van der Waals surface area contributed by atoms with E-state index in [-0.39, 0.29) is 18.5 Å². The molecule has 4 rings (SSSR count). The van der Waals surface area contributed by atoms with E-state index in [9.17, 15) is 9.18 Å². The predicted molar refractivity (Wildman–Crippen MR) is 101 cm³/mol. The Balaban J connectivity index is 1.50. The molecule has 2 aromatic carbocycles. The third kappa shape index (κ3) is 4.11. The number of rotatable bonds is 6. The van der Waals surface area contributed by atoms with Gasteiger partial charge in [0.25, 0.3) is 0 Å². The largest absolute Gasteiger partial charge is 0.454 e. The van der Waals surface area contributed by atoms with E-state index in [0.29, 0.717) is 24.5 Å². The lowest BCUT2D eigenvalue weighted by Crippen LogP contribution is -2.30. The maximum Gasteiger partial charge on any atom is 0.231 e. The number of carbonyl (C=O) groups is 1. The number of hydrogen-bond acceptors (Lipinski definition) is 4. The van der Waals surface area contributed by atoms with E-state index in [4.69, 9.17) is 9.47 Å². The molecule has 1 N–H and O–H groups in total. The minimum absolute atomic E-state index is 0.144. The van der Waals surface area contributed by atoms with Gasteiger partial charge in [0.2, 0.25) is 12.7 Å². The molecule has 1 atom stereocenters. The number of aromatic nitrogens is 1. The van der Waals surface area contributed by atoms with Crippen LogP contribution in [0.2, 0.25) is 0 Å². The van der Waals surface area contributed by atoms with E-state index in [2.05, 4.69) is 10.3 Å². The Bertz CT molecular complexity index is 961. The highest BCUT2D eigenvalue weighted by atomic mass is 19.1. The van der Waals surface area contributed by atoms with Crippen molar-refractivity contribution in [1.29, 1.82) is 0 Å². The molecule has 142 valence electrons. The third-order valence-electron chi connectivity index (χ3n) is 4.63. The zero-order valence-electron chi connectivity index (χ0n) is 15.1. The molecular weight excluding hydrogens is 359 g/mol. The number of hydrogen-bond donors (Lipinski definition) is 1. The van der Waals surface area contributed by atoms with Gasteiger partial charge in [-0.2, -0.15) is 0 Å². The highest BCUT2D eigenvalue weighted by molar-refractivity contribution is 5.84. The van der Waals surface area contributed by atoms with Gasteiger partial charge < -0.3 is 14.8 Å². The Labute approximate surface area is 162 Å². The number of nitrogens with zero attached hydrogens (tertiary/aromatic N) is 1. The molecule has 5 nitrogen and oxygen atoms in total. The van der Waals surface area contributed by atoms with Crippen LogP contribution < -0.4 is 14.8 Å². The molecule has 0 aliphatic carbocycles. The van der Waals surface area contributed by atoms with Gasteiger partial charge in [0.1, 0.15) is 5.82 Å². The molecule has 1 aromatic heterocycles. The SMILES string of the molecule is O=C(NCc1ccc2c(c1)OCO2)C(Cc1ccccn1)c1ccc(F)cc1. The van der Waals surface area contributed by atoms with Crippen LogP contribution in [-0.4, -0.2) is 17.7 Å². The van der Waals surface area contributed by atoms with Gasteiger partial charge in [-0.3, -0.25) is 9.78 Å². The topological polar surface area (TPSA) is 60.5 Å². The van der Waals surface area contributed by atoms with Gasteiger partial charge in [-0.1, -0.05) is 24.3 Å². The zero-order valence-corrected chi connectivity index (χ0v) is 15.1. The van der Waals surface area contributed by atoms with Crippen LogP contribution in [0.1, 0.15) is 22.7 Å².